The molecule has 30 heavy (non-hydrogen) atoms. The molecule has 1 N–H and O–H groups in total. The number of fused-ring (bicyclic) bond motifs is 5. The maximum atomic E-state index is 10.3. The second-order valence-corrected chi connectivity index (χ2v) is 13.3. The van der Waals surface area contributed by atoms with Gasteiger partial charge in [0.05, 0.1) is 6.10 Å². The third-order valence-corrected chi connectivity index (χ3v) is 11.9. The van der Waals surface area contributed by atoms with Gasteiger partial charge in [-0.1, -0.05) is 54.4 Å². The number of aliphatic hydroxyl groups excluding tert-OH is 1. The molecule has 4 rings (SSSR count). The van der Waals surface area contributed by atoms with Crippen LogP contribution in [0.15, 0.2) is 0 Å². The summed E-state index contributed by atoms with van der Waals surface area (Å²) < 4.78 is 0. The summed E-state index contributed by atoms with van der Waals surface area (Å²) in [5.74, 6) is 7.34. The van der Waals surface area contributed by atoms with Gasteiger partial charge in [0.2, 0.25) is 0 Å². The number of hydrogen-bond donors (Lipinski definition) is 1. The van der Waals surface area contributed by atoms with E-state index < -0.39 is 0 Å². The predicted molar refractivity (Wildman–Crippen MR) is 128 cm³/mol. The molecule has 0 aliphatic heterocycles. The number of aliphatic hydroxyl groups is 1. The third kappa shape index (κ3) is 3.82. The summed E-state index contributed by atoms with van der Waals surface area (Å²) in [4.78, 5) is 0. The molecule has 4 fully saturated rings. The molecule has 0 aromatic carbocycles. The van der Waals surface area contributed by atoms with E-state index in [2.05, 4.69) is 41.5 Å². The average Bonchev–Trinajstić information content (AvgIpc) is 3.06. The summed E-state index contributed by atoms with van der Waals surface area (Å²) >= 11 is 0. The molecule has 0 saturated heterocycles. The average molecular weight is 417 g/mol. The first kappa shape index (κ1) is 23.1. The fraction of sp³-hybridized carbons (Fsp3) is 1.00. The van der Waals surface area contributed by atoms with Gasteiger partial charge < -0.3 is 5.11 Å². The van der Waals surface area contributed by atoms with Gasteiger partial charge in [-0.2, -0.15) is 0 Å². The zero-order chi connectivity index (χ0) is 21.7. The Balaban J connectivity index is 1.45. The minimum Gasteiger partial charge on any atom is -0.393 e. The van der Waals surface area contributed by atoms with Crippen molar-refractivity contribution in [1.82, 2.24) is 0 Å². The summed E-state index contributed by atoms with van der Waals surface area (Å²) in [6.07, 6.45) is 16.5. The first-order chi connectivity index (χ1) is 14.2. The Labute approximate surface area is 188 Å². The summed E-state index contributed by atoms with van der Waals surface area (Å²) in [6.45, 7) is 15.2. The van der Waals surface area contributed by atoms with Crippen molar-refractivity contribution in [2.75, 3.05) is 0 Å². The van der Waals surface area contributed by atoms with Gasteiger partial charge in [0, 0.05) is 0 Å². The summed E-state index contributed by atoms with van der Waals surface area (Å²) in [5.41, 5.74) is 1.14. The fourth-order valence-corrected chi connectivity index (χ4v) is 9.90. The van der Waals surface area contributed by atoms with Crippen LogP contribution in [-0.4, -0.2) is 11.2 Å². The van der Waals surface area contributed by atoms with E-state index in [0.717, 1.165) is 60.2 Å². The number of hydrogen-bond acceptors (Lipinski definition) is 1. The standard InChI is InChI=1S/C29H52O/c1-7-21(19(2)3)9-8-20(4)25-12-13-26-24-11-10-22-18-23(30)14-16-28(22,5)27(24)15-17-29(25,26)6/h19-27,30H,7-18H2,1-6H3/t20?,21?,22?,23?,24?,25?,26?,27?,28-,29+/m0/s1. The molecule has 0 heterocycles. The highest BCUT2D eigenvalue weighted by molar-refractivity contribution is 5.09. The molecule has 4 aliphatic carbocycles. The van der Waals surface area contributed by atoms with E-state index in [0.29, 0.717) is 10.8 Å². The molecular formula is C29H52O. The quantitative estimate of drug-likeness (QED) is 0.463. The highest BCUT2D eigenvalue weighted by atomic mass is 16.3. The van der Waals surface area contributed by atoms with E-state index in [1.165, 1.54) is 64.2 Å². The van der Waals surface area contributed by atoms with Crippen molar-refractivity contribution in [1.29, 1.82) is 0 Å². The van der Waals surface area contributed by atoms with Crippen molar-refractivity contribution in [3.8, 4) is 0 Å². The van der Waals surface area contributed by atoms with Crippen molar-refractivity contribution in [2.45, 2.75) is 125 Å². The molecule has 10 atom stereocenters. The summed E-state index contributed by atoms with van der Waals surface area (Å²) in [6, 6.07) is 0. The van der Waals surface area contributed by atoms with E-state index in [9.17, 15) is 5.11 Å². The third-order valence-electron chi connectivity index (χ3n) is 11.9. The van der Waals surface area contributed by atoms with Gasteiger partial charge in [-0.3, -0.25) is 0 Å². The maximum Gasteiger partial charge on any atom is 0.0543 e. The molecule has 1 heteroatoms. The first-order valence-electron chi connectivity index (χ1n) is 13.9. The lowest BCUT2D eigenvalue weighted by molar-refractivity contribution is -0.129. The molecule has 0 bridgehead atoms. The zero-order valence-electron chi connectivity index (χ0n) is 21.1. The molecule has 4 saturated carbocycles. The first-order valence-corrected chi connectivity index (χ1v) is 13.9. The van der Waals surface area contributed by atoms with E-state index in [1.807, 2.05) is 0 Å². The van der Waals surface area contributed by atoms with Gasteiger partial charge >= 0.3 is 0 Å². The van der Waals surface area contributed by atoms with Crippen LogP contribution in [0.1, 0.15) is 119 Å². The Hall–Kier alpha value is -0.0400. The highest BCUT2D eigenvalue weighted by Crippen LogP contribution is 2.68. The Morgan fingerprint density at radius 2 is 1.53 bits per heavy atom. The minimum atomic E-state index is -0.0111. The molecule has 8 unspecified atom stereocenters. The lowest BCUT2D eigenvalue weighted by atomic mass is 9.44. The Morgan fingerprint density at radius 3 is 2.23 bits per heavy atom. The van der Waals surface area contributed by atoms with Crippen LogP contribution in [0.5, 0.6) is 0 Å². The predicted octanol–water partition coefficient (Wildman–Crippen LogP) is 8.10. The summed E-state index contributed by atoms with van der Waals surface area (Å²) in [7, 11) is 0. The van der Waals surface area contributed by atoms with E-state index in [4.69, 9.17) is 0 Å². The highest BCUT2D eigenvalue weighted by Gasteiger charge is 2.60. The lowest BCUT2D eigenvalue weighted by Crippen LogP contribution is -2.54. The van der Waals surface area contributed by atoms with Crippen LogP contribution < -0.4 is 0 Å². The van der Waals surface area contributed by atoms with Crippen LogP contribution in [0.25, 0.3) is 0 Å². The van der Waals surface area contributed by atoms with Gasteiger partial charge in [0.1, 0.15) is 0 Å². The molecule has 174 valence electrons. The smallest absolute Gasteiger partial charge is 0.0543 e. The van der Waals surface area contributed by atoms with Crippen molar-refractivity contribution < 1.29 is 5.11 Å². The van der Waals surface area contributed by atoms with Gasteiger partial charge in [-0.05, 0) is 122 Å². The molecule has 0 aromatic rings. The molecule has 0 spiro atoms. The monoisotopic (exact) mass is 416 g/mol. The van der Waals surface area contributed by atoms with Crippen LogP contribution >= 0.6 is 0 Å². The molecule has 0 radical (unpaired) electrons. The van der Waals surface area contributed by atoms with E-state index in [1.54, 1.807) is 0 Å². The Morgan fingerprint density at radius 1 is 0.833 bits per heavy atom. The lowest BCUT2D eigenvalue weighted by Gasteiger charge is -2.61. The van der Waals surface area contributed by atoms with Crippen LogP contribution in [0.4, 0.5) is 0 Å². The van der Waals surface area contributed by atoms with Crippen molar-refractivity contribution >= 4 is 0 Å². The van der Waals surface area contributed by atoms with Crippen LogP contribution in [0.2, 0.25) is 0 Å². The molecule has 0 amide bonds. The van der Waals surface area contributed by atoms with Crippen LogP contribution in [0, 0.1) is 58.2 Å². The van der Waals surface area contributed by atoms with Gasteiger partial charge in [-0.25, -0.2) is 0 Å². The normalized spacial score (nSPS) is 48.0. The Kier molecular flexibility index (Phi) is 6.72. The molecule has 4 aliphatic rings. The maximum absolute atomic E-state index is 10.3. The van der Waals surface area contributed by atoms with E-state index in [-0.39, 0.29) is 6.10 Å². The molecule has 0 aromatic heterocycles. The second-order valence-electron chi connectivity index (χ2n) is 13.3. The van der Waals surface area contributed by atoms with Gasteiger partial charge in [0.15, 0.2) is 0 Å². The summed E-state index contributed by atoms with van der Waals surface area (Å²) in [5, 5.41) is 10.3. The fourth-order valence-electron chi connectivity index (χ4n) is 9.90. The van der Waals surface area contributed by atoms with Gasteiger partial charge in [-0.15, -0.1) is 0 Å². The molecule has 1 nitrogen and oxygen atoms in total. The molecular weight excluding hydrogens is 364 g/mol. The minimum absolute atomic E-state index is 0.0111. The van der Waals surface area contributed by atoms with Crippen molar-refractivity contribution in [3.63, 3.8) is 0 Å². The van der Waals surface area contributed by atoms with E-state index >= 15 is 0 Å². The Bertz CT molecular complexity index is 583. The van der Waals surface area contributed by atoms with Crippen molar-refractivity contribution in [2.24, 2.45) is 58.2 Å². The largest absolute Gasteiger partial charge is 0.393 e. The zero-order valence-corrected chi connectivity index (χ0v) is 21.1. The van der Waals surface area contributed by atoms with Crippen molar-refractivity contribution in [3.05, 3.63) is 0 Å². The topological polar surface area (TPSA) is 20.2 Å². The van der Waals surface area contributed by atoms with Crippen LogP contribution in [0.3, 0.4) is 0 Å². The second kappa shape index (κ2) is 8.72. The SMILES string of the molecule is CCC(CCC(C)C1CCC2C3CCC4CC(O)CC[C@]4(C)C3CC[C@]12C)C(C)C. The van der Waals surface area contributed by atoms with Crippen LogP contribution in [-0.2, 0) is 0 Å². The number of rotatable bonds is 6. The van der Waals surface area contributed by atoms with Gasteiger partial charge in [0.25, 0.3) is 0 Å².